The zero-order valence-corrected chi connectivity index (χ0v) is 9.35. The Kier molecular flexibility index (Phi) is 3.61. The van der Waals surface area contributed by atoms with Crippen LogP contribution >= 0.6 is 0 Å². The third-order valence-electron chi connectivity index (χ3n) is 2.47. The van der Waals surface area contributed by atoms with E-state index in [-0.39, 0.29) is 24.5 Å². The zero-order chi connectivity index (χ0) is 13.1. The molecule has 96 valence electrons. The van der Waals surface area contributed by atoms with Gasteiger partial charge in [0.1, 0.15) is 17.2 Å². The molecule has 2 aromatic rings. The van der Waals surface area contributed by atoms with Gasteiger partial charge in [-0.25, -0.2) is 17.9 Å². The van der Waals surface area contributed by atoms with Crippen LogP contribution < -0.4 is 5.73 Å². The number of halogens is 3. The molecule has 1 aromatic carbocycles. The Morgan fingerprint density at radius 1 is 1.33 bits per heavy atom. The Hall–Kier alpha value is -1.89. The van der Waals surface area contributed by atoms with Crippen molar-refractivity contribution in [2.75, 3.05) is 0 Å². The molecule has 1 aromatic heterocycles. The highest BCUT2D eigenvalue weighted by Crippen LogP contribution is 2.22. The fraction of sp³-hybridized carbons (Fsp3) is 0.273. The van der Waals surface area contributed by atoms with Gasteiger partial charge in [0, 0.05) is 6.54 Å². The van der Waals surface area contributed by atoms with Crippen molar-refractivity contribution in [1.82, 2.24) is 15.0 Å². The highest BCUT2D eigenvalue weighted by Gasteiger charge is 2.20. The Balaban J connectivity index is 2.32. The number of nitrogens with two attached hydrogens (primary N) is 1. The van der Waals surface area contributed by atoms with E-state index in [9.17, 15) is 13.2 Å². The predicted molar refractivity (Wildman–Crippen MR) is 58.4 cm³/mol. The Bertz CT molecular complexity index is 539. The van der Waals surface area contributed by atoms with Gasteiger partial charge >= 0.3 is 0 Å². The molecule has 4 nitrogen and oxygen atoms in total. The van der Waals surface area contributed by atoms with Crippen LogP contribution in [0.15, 0.2) is 24.3 Å². The second kappa shape index (κ2) is 5.18. The monoisotopic (exact) mass is 256 g/mol. The quantitative estimate of drug-likeness (QED) is 0.908. The van der Waals surface area contributed by atoms with E-state index in [2.05, 4.69) is 10.3 Å². The van der Waals surface area contributed by atoms with Crippen LogP contribution in [0.3, 0.4) is 0 Å². The lowest BCUT2D eigenvalue weighted by Crippen LogP contribution is -2.09. The van der Waals surface area contributed by atoms with Crippen molar-refractivity contribution in [1.29, 1.82) is 0 Å². The van der Waals surface area contributed by atoms with Gasteiger partial charge in [0.05, 0.1) is 6.54 Å². The Morgan fingerprint density at radius 2 is 2.11 bits per heavy atom. The maximum atomic E-state index is 13.0. The highest BCUT2D eigenvalue weighted by molar-refractivity contribution is 5.19. The first-order valence-electron chi connectivity index (χ1n) is 5.26. The SMILES string of the molecule is NCc1nnn(Cc2cccc(F)c2)c1C(F)F. The average Bonchev–Trinajstić information content (AvgIpc) is 2.72. The summed E-state index contributed by atoms with van der Waals surface area (Å²) in [6, 6.07) is 5.68. The van der Waals surface area contributed by atoms with Crippen LogP contribution in [0.1, 0.15) is 23.4 Å². The van der Waals surface area contributed by atoms with E-state index >= 15 is 0 Å². The number of alkyl halides is 2. The molecule has 0 amide bonds. The number of benzene rings is 1. The van der Waals surface area contributed by atoms with Gasteiger partial charge in [-0.3, -0.25) is 0 Å². The predicted octanol–water partition coefficient (Wildman–Crippen LogP) is 1.86. The lowest BCUT2D eigenvalue weighted by Gasteiger charge is -2.06. The van der Waals surface area contributed by atoms with E-state index in [0.717, 1.165) is 4.68 Å². The normalized spacial score (nSPS) is 11.2. The molecule has 0 radical (unpaired) electrons. The van der Waals surface area contributed by atoms with Gasteiger partial charge in [0.25, 0.3) is 6.43 Å². The zero-order valence-electron chi connectivity index (χ0n) is 9.35. The minimum absolute atomic E-state index is 0.0322. The first kappa shape index (κ1) is 12.6. The molecule has 0 aliphatic heterocycles. The Labute approximate surface area is 101 Å². The van der Waals surface area contributed by atoms with Crippen molar-refractivity contribution in [3.05, 3.63) is 47.0 Å². The van der Waals surface area contributed by atoms with E-state index in [1.807, 2.05) is 0 Å². The van der Waals surface area contributed by atoms with Crippen molar-refractivity contribution < 1.29 is 13.2 Å². The summed E-state index contributed by atoms with van der Waals surface area (Å²) in [6.07, 6.45) is -2.72. The van der Waals surface area contributed by atoms with Crippen molar-refractivity contribution >= 4 is 0 Å². The van der Waals surface area contributed by atoms with E-state index < -0.39 is 12.2 Å². The maximum absolute atomic E-state index is 13.0. The first-order valence-corrected chi connectivity index (χ1v) is 5.26. The molecule has 0 aliphatic carbocycles. The molecule has 0 saturated carbocycles. The molecule has 2 N–H and O–H groups in total. The molecule has 1 heterocycles. The van der Waals surface area contributed by atoms with E-state index in [4.69, 9.17) is 5.73 Å². The largest absolute Gasteiger partial charge is 0.325 e. The molecule has 0 bridgehead atoms. The molecular weight excluding hydrogens is 245 g/mol. The van der Waals surface area contributed by atoms with Gasteiger partial charge in [-0.15, -0.1) is 5.10 Å². The molecule has 0 aliphatic rings. The summed E-state index contributed by atoms with van der Waals surface area (Å²) in [6.45, 7) is -0.0761. The van der Waals surface area contributed by atoms with Crippen molar-refractivity contribution in [3.8, 4) is 0 Å². The number of aromatic nitrogens is 3. The standard InChI is InChI=1S/C11H11F3N4/c12-8-3-1-2-7(4-8)6-18-10(11(13)14)9(5-15)16-17-18/h1-4,11H,5-6,15H2. The van der Waals surface area contributed by atoms with Crippen LogP contribution in [0.5, 0.6) is 0 Å². The molecular formula is C11H11F3N4. The average molecular weight is 256 g/mol. The van der Waals surface area contributed by atoms with E-state index in [0.29, 0.717) is 5.56 Å². The van der Waals surface area contributed by atoms with E-state index in [1.165, 1.54) is 18.2 Å². The molecule has 18 heavy (non-hydrogen) atoms. The first-order chi connectivity index (χ1) is 8.61. The number of nitrogens with zero attached hydrogens (tertiary/aromatic N) is 3. The van der Waals surface area contributed by atoms with Crippen LogP contribution in [-0.4, -0.2) is 15.0 Å². The second-order valence-electron chi connectivity index (χ2n) is 3.71. The van der Waals surface area contributed by atoms with Crippen LogP contribution in [0, 0.1) is 5.82 Å². The van der Waals surface area contributed by atoms with Crippen LogP contribution in [0.25, 0.3) is 0 Å². The van der Waals surface area contributed by atoms with Crippen LogP contribution in [0.2, 0.25) is 0 Å². The summed E-state index contributed by atoms with van der Waals surface area (Å²) in [4.78, 5) is 0. The minimum atomic E-state index is -2.72. The summed E-state index contributed by atoms with van der Waals surface area (Å²) in [5.74, 6) is -0.426. The number of hydrogen-bond donors (Lipinski definition) is 1. The minimum Gasteiger partial charge on any atom is -0.325 e. The number of rotatable bonds is 4. The highest BCUT2D eigenvalue weighted by atomic mass is 19.3. The molecule has 0 fully saturated rings. The van der Waals surface area contributed by atoms with Gasteiger partial charge in [0.2, 0.25) is 0 Å². The molecule has 7 heteroatoms. The van der Waals surface area contributed by atoms with Crippen LogP contribution in [0.4, 0.5) is 13.2 Å². The molecule has 0 unspecified atom stereocenters. The number of hydrogen-bond acceptors (Lipinski definition) is 3. The van der Waals surface area contributed by atoms with Crippen molar-refractivity contribution in [2.45, 2.75) is 19.5 Å². The summed E-state index contributed by atoms with van der Waals surface area (Å²) in [7, 11) is 0. The van der Waals surface area contributed by atoms with Gasteiger partial charge < -0.3 is 5.73 Å². The van der Waals surface area contributed by atoms with Gasteiger partial charge in [-0.05, 0) is 17.7 Å². The van der Waals surface area contributed by atoms with Crippen LogP contribution in [-0.2, 0) is 13.1 Å². The van der Waals surface area contributed by atoms with Gasteiger partial charge in [-0.2, -0.15) is 0 Å². The van der Waals surface area contributed by atoms with Crippen molar-refractivity contribution in [3.63, 3.8) is 0 Å². The summed E-state index contributed by atoms with van der Waals surface area (Å²) < 4.78 is 39.8. The maximum Gasteiger partial charge on any atom is 0.281 e. The lowest BCUT2D eigenvalue weighted by molar-refractivity contribution is 0.138. The summed E-state index contributed by atoms with van der Waals surface area (Å²) in [5, 5.41) is 7.21. The summed E-state index contributed by atoms with van der Waals surface area (Å²) >= 11 is 0. The molecule has 0 spiro atoms. The summed E-state index contributed by atoms with van der Waals surface area (Å²) in [5.41, 5.74) is 5.58. The fourth-order valence-electron chi connectivity index (χ4n) is 1.67. The molecule has 0 saturated heterocycles. The molecule has 2 rings (SSSR count). The smallest absolute Gasteiger partial charge is 0.281 e. The molecule has 0 atom stereocenters. The van der Waals surface area contributed by atoms with Gasteiger partial charge in [0.15, 0.2) is 0 Å². The van der Waals surface area contributed by atoms with E-state index in [1.54, 1.807) is 6.07 Å². The Morgan fingerprint density at radius 3 is 2.72 bits per heavy atom. The lowest BCUT2D eigenvalue weighted by atomic mass is 10.2. The fourth-order valence-corrected chi connectivity index (χ4v) is 1.67. The topological polar surface area (TPSA) is 56.7 Å². The van der Waals surface area contributed by atoms with Gasteiger partial charge in [-0.1, -0.05) is 17.3 Å². The van der Waals surface area contributed by atoms with Crippen molar-refractivity contribution in [2.24, 2.45) is 5.73 Å². The second-order valence-corrected chi connectivity index (χ2v) is 3.71. The third-order valence-corrected chi connectivity index (χ3v) is 2.47. The third kappa shape index (κ3) is 2.51.